The maximum absolute atomic E-state index is 12.5. The van der Waals surface area contributed by atoms with Gasteiger partial charge in [0.05, 0.1) is 6.42 Å². The highest BCUT2D eigenvalue weighted by atomic mass is 16.6. The first-order valence-corrected chi connectivity index (χ1v) is 6.77. The number of carbonyl (C=O) groups is 1. The molecule has 3 heteroatoms. The molecule has 3 nitrogen and oxygen atoms in total. The van der Waals surface area contributed by atoms with E-state index in [4.69, 9.17) is 9.47 Å². The van der Waals surface area contributed by atoms with Gasteiger partial charge in [-0.25, -0.2) is 0 Å². The third-order valence-corrected chi connectivity index (χ3v) is 4.07. The van der Waals surface area contributed by atoms with Gasteiger partial charge < -0.3 is 9.47 Å². The van der Waals surface area contributed by atoms with Crippen molar-refractivity contribution < 1.29 is 14.3 Å². The van der Waals surface area contributed by atoms with Gasteiger partial charge in [-0.05, 0) is 30.9 Å². The summed E-state index contributed by atoms with van der Waals surface area (Å²) in [6.45, 7) is 0. The number of ketones is 1. The third-order valence-electron chi connectivity index (χ3n) is 4.07. The molecule has 2 unspecified atom stereocenters. The molecule has 1 heterocycles. The predicted octanol–water partition coefficient (Wildman–Crippen LogP) is 3.17. The van der Waals surface area contributed by atoms with Crippen molar-refractivity contribution in [1.29, 1.82) is 0 Å². The van der Waals surface area contributed by atoms with Crippen LogP contribution in [0.3, 0.4) is 0 Å². The minimum absolute atomic E-state index is 0.140. The highest BCUT2D eigenvalue weighted by Gasteiger charge is 2.49. The predicted molar refractivity (Wildman–Crippen MR) is 71.6 cm³/mol. The fourth-order valence-corrected chi connectivity index (χ4v) is 2.99. The molecular formula is C16H18O3. The molecule has 0 radical (unpaired) electrons. The van der Waals surface area contributed by atoms with Crippen molar-refractivity contribution in [1.82, 2.24) is 0 Å². The van der Waals surface area contributed by atoms with Crippen molar-refractivity contribution in [3.63, 3.8) is 0 Å². The first kappa shape index (κ1) is 12.4. The lowest BCUT2D eigenvalue weighted by molar-refractivity contribution is -0.156. The van der Waals surface area contributed by atoms with Gasteiger partial charge in [0.15, 0.2) is 11.4 Å². The maximum atomic E-state index is 12.5. The van der Waals surface area contributed by atoms with Gasteiger partial charge in [0.25, 0.3) is 0 Å². The van der Waals surface area contributed by atoms with E-state index < -0.39 is 5.60 Å². The summed E-state index contributed by atoms with van der Waals surface area (Å²) in [5.41, 5.74) is 0.232. The first-order chi connectivity index (χ1) is 9.26. The van der Waals surface area contributed by atoms with E-state index >= 15 is 0 Å². The smallest absolute Gasteiger partial charge is 0.182 e. The number of ether oxygens (including phenoxy) is 2. The van der Waals surface area contributed by atoms with Crippen LogP contribution in [0.25, 0.3) is 0 Å². The molecule has 0 aromatic heterocycles. The van der Waals surface area contributed by atoms with Crippen LogP contribution in [-0.4, -0.2) is 18.5 Å². The standard InChI is InChI=1S/C16H18O3/c1-18-16-10-6-5-9-15(16)19-13(11-14(16)17)12-7-3-2-4-8-12/h2-4,7-9,13H,5-6,10-11H2,1H3. The van der Waals surface area contributed by atoms with Crippen molar-refractivity contribution >= 4 is 5.78 Å². The average molecular weight is 258 g/mol. The molecule has 0 amide bonds. The Morgan fingerprint density at radius 3 is 2.84 bits per heavy atom. The fourth-order valence-electron chi connectivity index (χ4n) is 2.99. The second kappa shape index (κ2) is 4.82. The average Bonchev–Trinajstić information content (AvgIpc) is 2.48. The number of fused-ring (bicyclic) bond motifs is 1. The molecule has 1 aromatic rings. The molecule has 1 aliphatic carbocycles. The number of allylic oxidation sites excluding steroid dienone is 1. The molecule has 100 valence electrons. The van der Waals surface area contributed by atoms with E-state index in [9.17, 15) is 4.79 Å². The molecule has 0 spiro atoms. The fraction of sp³-hybridized carbons (Fsp3) is 0.438. The third kappa shape index (κ3) is 1.98. The summed E-state index contributed by atoms with van der Waals surface area (Å²) in [6.07, 6.45) is 4.88. The van der Waals surface area contributed by atoms with Gasteiger partial charge in [-0.1, -0.05) is 30.3 Å². The van der Waals surface area contributed by atoms with Gasteiger partial charge in [0.2, 0.25) is 0 Å². The van der Waals surface area contributed by atoms with Gasteiger partial charge in [0.1, 0.15) is 11.9 Å². The summed E-state index contributed by atoms with van der Waals surface area (Å²) in [4.78, 5) is 12.5. The van der Waals surface area contributed by atoms with Gasteiger partial charge in [-0.2, -0.15) is 0 Å². The highest BCUT2D eigenvalue weighted by Crippen LogP contribution is 2.43. The zero-order valence-corrected chi connectivity index (χ0v) is 11.1. The van der Waals surface area contributed by atoms with Crippen LogP contribution in [0.15, 0.2) is 42.2 Å². The van der Waals surface area contributed by atoms with Crippen LogP contribution in [-0.2, 0) is 14.3 Å². The van der Waals surface area contributed by atoms with Crippen molar-refractivity contribution in [3.05, 3.63) is 47.7 Å². The molecule has 1 saturated heterocycles. The lowest BCUT2D eigenvalue weighted by atomic mass is 9.80. The van der Waals surface area contributed by atoms with Gasteiger partial charge in [-0.3, -0.25) is 4.79 Å². The Morgan fingerprint density at radius 1 is 1.32 bits per heavy atom. The van der Waals surface area contributed by atoms with Crippen LogP contribution >= 0.6 is 0 Å². The van der Waals surface area contributed by atoms with Crippen molar-refractivity contribution in [2.45, 2.75) is 37.4 Å². The van der Waals surface area contributed by atoms with Gasteiger partial charge in [0, 0.05) is 7.11 Å². The van der Waals surface area contributed by atoms with Crippen LogP contribution < -0.4 is 0 Å². The number of benzene rings is 1. The molecule has 2 atom stereocenters. The highest BCUT2D eigenvalue weighted by molar-refractivity contribution is 5.92. The minimum Gasteiger partial charge on any atom is -0.486 e. The van der Waals surface area contributed by atoms with E-state index in [0.717, 1.165) is 24.8 Å². The number of rotatable bonds is 2. The number of carbonyl (C=O) groups excluding carboxylic acids is 1. The molecule has 1 fully saturated rings. The molecular weight excluding hydrogens is 240 g/mol. The van der Waals surface area contributed by atoms with Gasteiger partial charge >= 0.3 is 0 Å². The summed E-state index contributed by atoms with van der Waals surface area (Å²) in [7, 11) is 1.60. The lowest BCUT2D eigenvalue weighted by Crippen LogP contribution is -2.49. The number of Topliss-reactive ketones (excluding diaryl/α,β-unsaturated/α-hetero) is 1. The van der Waals surface area contributed by atoms with E-state index in [-0.39, 0.29) is 11.9 Å². The summed E-state index contributed by atoms with van der Waals surface area (Å²) in [5.74, 6) is 0.854. The van der Waals surface area contributed by atoms with Crippen molar-refractivity contribution in [3.8, 4) is 0 Å². The molecule has 0 N–H and O–H groups in total. The Morgan fingerprint density at radius 2 is 2.11 bits per heavy atom. The molecule has 1 aliphatic heterocycles. The first-order valence-electron chi connectivity index (χ1n) is 6.77. The zero-order chi connectivity index (χ0) is 13.3. The Hall–Kier alpha value is -1.61. The van der Waals surface area contributed by atoms with E-state index in [2.05, 4.69) is 0 Å². The summed E-state index contributed by atoms with van der Waals surface area (Å²) >= 11 is 0. The van der Waals surface area contributed by atoms with E-state index in [1.54, 1.807) is 7.11 Å². The van der Waals surface area contributed by atoms with Crippen molar-refractivity contribution in [2.24, 2.45) is 0 Å². The van der Waals surface area contributed by atoms with Crippen LogP contribution in [0.4, 0.5) is 0 Å². The Labute approximate surface area is 113 Å². The Kier molecular flexibility index (Phi) is 3.15. The van der Waals surface area contributed by atoms with Crippen LogP contribution in [0, 0.1) is 0 Å². The second-order valence-corrected chi connectivity index (χ2v) is 5.14. The largest absolute Gasteiger partial charge is 0.486 e. The second-order valence-electron chi connectivity index (χ2n) is 5.14. The normalized spacial score (nSPS) is 30.3. The monoisotopic (exact) mass is 258 g/mol. The topological polar surface area (TPSA) is 35.5 Å². The van der Waals surface area contributed by atoms with E-state index in [0.29, 0.717) is 12.2 Å². The minimum atomic E-state index is -0.816. The lowest BCUT2D eigenvalue weighted by Gasteiger charge is -2.42. The molecule has 0 saturated carbocycles. The molecule has 3 rings (SSSR count). The summed E-state index contributed by atoms with van der Waals surface area (Å²) < 4.78 is 11.6. The molecule has 2 aliphatic rings. The quantitative estimate of drug-likeness (QED) is 0.817. The number of hydrogen-bond donors (Lipinski definition) is 0. The van der Waals surface area contributed by atoms with E-state index in [1.165, 1.54) is 0 Å². The Balaban J connectivity index is 1.92. The SMILES string of the molecule is COC12CCCC=C1OC(c1ccccc1)CC2=O. The number of hydrogen-bond acceptors (Lipinski definition) is 3. The molecule has 19 heavy (non-hydrogen) atoms. The van der Waals surface area contributed by atoms with Crippen LogP contribution in [0.5, 0.6) is 0 Å². The molecule has 1 aromatic carbocycles. The number of methoxy groups -OCH3 is 1. The van der Waals surface area contributed by atoms with Crippen LogP contribution in [0.1, 0.15) is 37.4 Å². The zero-order valence-electron chi connectivity index (χ0n) is 11.1. The Bertz CT molecular complexity index is 506. The van der Waals surface area contributed by atoms with E-state index in [1.807, 2.05) is 36.4 Å². The molecule has 0 bridgehead atoms. The summed E-state index contributed by atoms with van der Waals surface area (Å²) in [6, 6.07) is 9.91. The van der Waals surface area contributed by atoms with Gasteiger partial charge in [-0.15, -0.1) is 0 Å². The maximum Gasteiger partial charge on any atom is 0.182 e. The summed E-state index contributed by atoms with van der Waals surface area (Å²) in [5, 5.41) is 0. The van der Waals surface area contributed by atoms with Crippen LogP contribution in [0.2, 0.25) is 0 Å². The van der Waals surface area contributed by atoms with Crippen molar-refractivity contribution in [2.75, 3.05) is 7.11 Å².